The van der Waals surface area contributed by atoms with Crippen LogP contribution in [0.3, 0.4) is 0 Å². The quantitative estimate of drug-likeness (QED) is 0.833. The number of nitrogens with zero attached hydrogens (tertiary/aromatic N) is 2. The number of para-hydroxylation sites is 1. The summed E-state index contributed by atoms with van der Waals surface area (Å²) in [5.74, 6) is 2.34. The average Bonchev–Trinajstić information content (AvgIpc) is 3.16. The monoisotopic (exact) mass is 342 g/mol. The van der Waals surface area contributed by atoms with Crippen LogP contribution >= 0.6 is 0 Å². The maximum Gasteiger partial charge on any atom is 0.133 e. The molecule has 3 heterocycles. The fraction of sp³-hybridized carbons (Fsp3) is 0.550. The van der Waals surface area contributed by atoms with Gasteiger partial charge >= 0.3 is 0 Å². The van der Waals surface area contributed by atoms with Crippen LogP contribution in [-0.2, 0) is 11.3 Å². The molecule has 5 heteroatoms. The SMILES string of the molecule is Cc1cc(CN2CC[C@@H]3O[C@@](C)(COc4ccccc4)C[C@@H]3C2)no1. The number of hydrogen-bond donors (Lipinski definition) is 0. The van der Waals surface area contributed by atoms with Gasteiger partial charge in [-0.25, -0.2) is 0 Å². The minimum atomic E-state index is -0.203. The molecule has 1 aromatic heterocycles. The zero-order chi connectivity index (χ0) is 17.3. The van der Waals surface area contributed by atoms with Crippen molar-refractivity contribution in [1.82, 2.24) is 10.1 Å². The van der Waals surface area contributed by atoms with Crippen LogP contribution in [-0.4, -0.2) is 41.5 Å². The molecule has 5 nitrogen and oxygen atoms in total. The number of rotatable bonds is 5. The number of aromatic nitrogens is 1. The van der Waals surface area contributed by atoms with Gasteiger partial charge in [-0.3, -0.25) is 4.90 Å². The van der Waals surface area contributed by atoms with E-state index in [4.69, 9.17) is 14.0 Å². The van der Waals surface area contributed by atoms with Crippen molar-refractivity contribution in [3.63, 3.8) is 0 Å². The lowest BCUT2D eigenvalue weighted by atomic mass is 9.89. The van der Waals surface area contributed by atoms with Crippen LogP contribution in [0.4, 0.5) is 0 Å². The van der Waals surface area contributed by atoms with Crippen molar-refractivity contribution in [1.29, 1.82) is 0 Å². The highest BCUT2D eigenvalue weighted by molar-refractivity contribution is 5.21. The summed E-state index contributed by atoms with van der Waals surface area (Å²) in [7, 11) is 0. The first-order chi connectivity index (χ1) is 12.1. The van der Waals surface area contributed by atoms with Crippen molar-refractivity contribution in [3.8, 4) is 5.75 Å². The van der Waals surface area contributed by atoms with Crippen molar-refractivity contribution < 1.29 is 14.0 Å². The molecule has 0 amide bonds. The van der Waals surface area contributed by atoms with Crippen LogP contribution < -0.4 is 4.74 Å². The Morgan fingerprint density at radius 3 is 2.92 bits per heavy atom. The van der Waals surface area contributed by atoms with Gasteiger partial charge in [0.2, 0.25) is 0 Å². The van der Waals surface area contributed by atoms with E-state index in [2.05, 4.69) is 17.0 Å². The predicted octanol–water partition coefficient (Wildman–Crippen LogP) is 3.43. The maximum atomic E-state index is 6.39. The number of benzene rings is 1. The molecule has 0 unspecified atom stereocenters. The Labute approximate surface area is 148 Å². The molecule has 3 atom stereocenters. The summed E-state index contributed by atoms with van der Waals surface area (Å²) in [5, 5.41) is 4.12. The van der Waals surface area contributed by atoms with E-state index in [9.17, 15) is 0 Å². The van der Waals surface area contributed by atoms with Crippen LogP contribution in [0.2, 0.25) is 0 Å². The van der Waals surface area contributed by atoms with Crippen molar-refractivity contribution in [2.24, 2.45) is 5.92 Å². The van der Waals surface area contributed by atoms with Crippen molar-refractivity contribution in [2.75, 3.05) is 19.7 Å². The average molecular weight is 342 g/mol. The molecule has 2 fully saturated rings. The van der Waals surface area contributed by atoms with Gasteiger partial charge in [0.15, 0.2) is 0 Å². The van der Waals surface area contributed by atoms with E-state index in [-0.39, 0.29) is 5.60 Å². The Morgan fingerprint density at radius 2 is 2.16 bits per heavy atom. The largest absolute Gasteiger partial charge is 0.491 e. The molecule has 4 rings (SSSR count). The standard InChI is InChI=1S/C20H26N2O3/c1-15-10-17(21-25-15)13-22-9-8-19-16(12-22)11-20(2,24-19)14-23-18-6-4-3-5-7-18/h3-7,10,16,19H,8-9,11-14H2,1-2H3/t16-,19+,20-/m1/s1. The molecule has 2 saturated heterocycles. The summed E-state index contributed by atoms with van der Waals surface area (Å²) in [6.07, 6.45) is 2.46. The molecule has 2 aliphatic heterocycles. The number of hydrogen-bond acceptors (Lipinski definition) is 5. The first-order valence-electron chi connectivity index (χ1n) is 9.10. The van der Waals surface area contributed by atoms with E-state index in [0.29, 0.717) is 18.6 Å². The minimum Gasteiger partial charge on any atom is -0.491 e. The summed E-state index contributed by atoms with van der Waals surface area (Å²) in [6, 6.07) is 12.0. The summed E-state index contributed by atoms with van der Waals surface area (Å²) >= 11 is 0. The minimum absolute atomic E-state index is 0.203. The number of ether oxygens (including phenoxy) is 2. The Morgan fingerprint density at radius 1 is 1.32 bits per heavy atom. The van der Waals surface area contributed by atoms with Crippen molar-refractivity contribution in [3.05, 3.63) is 47.9 Å². The van der Waals surface area contributed by atoms with Gasteiger partial charge in [-0.1, -0.05) is 23.4 Å². The molecule has 134 valence electrons. The van der Waals surface area contributed by atoms with Crippen molar-refractivity contribution >= 4 is 0 Å². The van der Waals surface area contributed by atoms with Gasteiger partial charge in [0.25, 0.3) is 0 Å². The van der Waals surface area contributed by atoms with E-state index in [0.717, 1.165) is 49.7 Å². The summed E-state index contributed by atoms with van der Waals surface area (Å²) in [5.41, 5.74) is 0.816. The molecular weight excluding hydrogens is 316 g/mol. The van der Waals surface area contributed by atoms with Gasteiger partial charge in [0.05, 0.1) is 11.8 Å². The van der Waals surface area contributed by atoms with Gasteiger partial charge in [0.1, 0.15) is 23.7 Å². The lowest BCUT2D eigenvalue weighted by molar-refractivity contribution is -0.0698. The Kier molecular flexibility index (Phi) is 4.52. The van der Waals surface area contributed by atoms with Crippen LogP contribution in [0.25, 0.3) is 0 Å². The third-order valence-corrected chi connectivity index (χ3v) is 5.23. The van der Waals surface area contributed by atoms with E-state index in [1.165, 1.54) is 0 Å². The smallest absolute Gasteiger partial charge is 0.133 e. The molecule has 0 saturated carbocycles. The second kappa shape index (κ2) is 6.81. The predicted molar refractivity (Wildman–Crippen MR) is 94.5 cm³/mol. The molecule has 0 radical (unpaired) electrons. The number of fused-ring (bicyclic) bond motifs is 1. The fourth-order valence-electron chi connectivity index (χ4n) is 4.12. The maximum absolute atomic E-state index is 6.39. The van der Waals surface area contributed by atoms with E-state index < -0.39 is 0 Å². The van der Waals surface area contributed by atoms with Crippen LogP contribution in [0, 0.1) is 12.8 Å². The highest BCUT2D eigenvalue weighted by Gasteiger charge is 2.46. The van der Waals surface area contributed by atoms with Gasteiger partial charge < -0.3 is 14.0 Å². The second-order valence-corrected chi connectivity index (χ2v) is 7.62. The molecule has 2 aromatic rings. The highest BCUT2D eigenvalue weighted by Crippen LogP contribution is 2.39. The highest BCUT2D eigenvalue weighted by atomic mass is 16.6. The zero-order valence-corrected chi connectivity index (χ0v) is 15.0. The molecule has 0 aliphatic carbocycles. The van der Waals surface area contributed by atoms with Crippen molar-refractivity contribution in [2.45, 2.75) is 44.9 Å². The number of likely N-dealkylation sites (tertiary alicyclic amines) is 1. The first kappa shape index (κ1) is 16.6. The van der Waals surface area contributed by atoms with Crippen LogP contribution in [0.15, 0.2) is 40.9 Å². The Hall–Kier alpha value is -1.85. The summed E-state index contributed by atoms with van der Waals surface area (Å²) in [4.78, 5) is 2.46. The first-order valence-corrected chi connectivity index (χ1v) is 9.10. The van der Waals surface area contributed by atoms with Gasteiger partial charge in [0, 0.05) is 31.6 Å². The van der Waals surface area contributed by atoms with Gasteiger partial charge in [-0.05, 0) is 38.8 Å². The van der Waals surface area contributed by atoms with E-state index in [1.54, 1.807) is 0 Å². The third kappa shape index (κ3) is 3.88. The number of aryl methyl sites for hydroxylation is 1. The Balaban J connectivity index is 1.33. The normalized spacial score (nSPS) is 29.5. The lowest BCUT2D eigenvalue weighted by Crippen LogP contribution is -2.40. The van der Waals surface area contributed by atoms with Crippen LogP contribution in [0.1, 0.15) is 31.2 Å². The zero-order valence-electron chi connectivity index (χ0n) is 15.0. The molecule has 1 aromatic carbocycles. The second-order valence-electron chi connectivity index (χ2n) is 7.62. The lowest BCUT2D eigenvalue weighted by Gasteiger charge is -2.33. The Bertz CT molecular complexity index is 702. The van der Waals surface area contributed by atoms with E-state index >= 15 is 0 Å². The van der Waals surface area contributed by atoms with Crippen LogP contribution in [0.5, 0.6) is 5.75 Å². The molecule has 0 N–H and O–H groups in total. The fourth-order valence-corrected chi connectivity index (χ4v) is 4.12. The molecule has 0 spiro atoms. The molecule has 0 bridgehead atoms. The summed E-state index contributed by atoms with van der Waals surface area (Å²) in [6.45, 7) is 7.68. The summed E-state index contributed by atoms with van der Waals surface area (Å²) < 4.78 is 17.5. The molecule has 25 heavy (non-hydrogen) atoms. The molecular formula is C20H26N2O3. The van der Waals surface area contributed by atoms with E-state index in [1.807, 2.05) is 43.3 Å². The van der Waals surface area contributed by atoms with Gasteiger partial charge in [-0.15, -0.1) is 0 Å². The topological polar surface area (TPSA) is 47.7 Å². The third-order valence-electron chi connectivity index (χ3n) is 5.23. The molecule has 2 aliphatic rings. The number of piperidine rings is 1. The van der Waals surface area contributed by atoms with Gasteiger partial charge in [-0.2, -0.15) is 0 Å².